The number of halogens is 18. The number of hydrogen-bond donors (Lipinski definition) is 0. The molecule has 0 aromatic heterocycles. The van der Waals surface area contributed by atoms with E-state index in [4.69, 9.17) is 4.11 Å². The van der Waals surface area contributed by atoms with E-state index in [0.717, 1.165) is 38.0 Å². The van der Waals surface area contributed by atoms with E-state index in [9.17, 15) is 79.0 Å². The molecule has 0 bridgehead atoms. The minimum atomic E-state index is -5.24. The van der Waals surface area contributed by atoms with Crippen LogP contribution in [0.5, 0.6) is 0 Å². The third kappa shape index (κ3) is 28.9. The van der Waals surface area contributed by atoms with Gasteiger partial charge in [-0.25, -0.2) is 0 Å². The van der Waals surface area contributed by atoms with Crippen LogP contribution in [0.3, 0.4) is 0 Å². The van der Waals surface area contributed by atoms with Gasteiger partial charge in [-0.3, -0.25) is 0 Å². The first-order valence-corrected chi connectivity index (χ1v) is 27.2. The van der Waals surface area contributed by atoms with Gasteiger partial charge in [0.1, 0.15) is 0 Å². The molecule has 0 saturated heterocycles. The van der Waals surface area contributed by atoms with Crippen LogP contribution < -0.4 is 0 Å². The van der Waals surface area contributed by atoms with E-state index < -0.39 is 96.2 Å². The molecule has 0 spiro atoms. The Morgan fingerprint density at radius 2 is 0.671 bits per heavy atom. The summed E-state index contributed by atoms with van der Waals surface area (Å²) in [7, 11) is 0. The lowest BCUT2D eigenvalue weighted by molar-refractivity contribution is -0.335. The second kappa shape index (κ2) is 31.8. The van der Waals surface area contributed by atoms with Gasteiger partial charge in [0.15, 0.2) is 5.41 Å². The average Bonchev–Trinajstić information content (AvgIpc) is 3.89. The average molecular weight is 1150 g/mol. The predicted molar refractivity (Wildman–Crippen MR) is 277 cm³/mol. The van der Waals surface area contributed by atoms with E-state index >= 15 is 0 Å². The fourth-order valence-corrected chi connectivity index (χ4v) is 8.86. The molecule has 464 valence electrons. The maximum absolute atomic E-state index is 12.6. The van der Waals surface area contributed by atoms with Crippen LogP contribution >= 0.6 is 0 Å². The largest absolute Gasteiger partial charge is 0.402 e. The molecule has 0 nitrogen and oxygen atoms in total. The van der Waals surface area contributed by atoms with Crippen molar-refractivity contribution in [1.82, 2.24) is 0 Å². The predicted octanol–water partition coefficient (Wildman–Crippen LogP) is 24.3. The molecular weight excluding hydrogens is 1040 g/mol. The molecule has 4 saturated carbocycles. The highest BCUT2D eigenvalue weighted by atomic mass is 19.4. The molecule has 0 radical (unpaired) electrons. The quantitative estimate of drug-likeness (QED) is 0.242. The normalized spacial score (nSPS) is 32.1. The summed E-state index contributed by atoms with van der Waals surface area (Å²) >= 11 is 0. The van der Waals surface area contributed by atoms with Crippen LogP contribution in [-0.4, -0.2) is 37.1 Å². The molecule has 76 heavy (non-hydrogen) atoms. The summed E-state index contributed by atoms with van der Waals surface area (Å²) in [5.74, 6) is -4.01. The van der Waals surface area contributed by atoms with Crippen molar-refractivity contribution in [2.75, 3.05) is 0 Å². The minimum absolute atomic E-state index is 0.135. The Morgan fingerprint density at radius 1 is 0.368 bits per heavy atom. The molecule has 10 unspecified atom stereocenters. The van der Waals surface area contributed by atoms with Crippen LogP contribution in [0.25, 0.3) is 0 Å². The zero-order valence-corrected chi connectivity index (χ0v) is 50.7. The zero-order chi connectivity index (χ0) is 64.9. The molecule has 18 heteroatoms. The molecule has 0 N–H and O–H groups in total. The summed E-state index contributed by atoms with van der Waals surface area (Å²) in [6.45, 7) is 41.9. The highest BCUT2D eigenvalue weighted by Gasteiger charge is 2.66. The minimum Gasteiger partial charge on any atom is -0.171 e. The van der Waals surface area contributed by atoms with Gasteiger partial charge in [-0.15, -0.1) is 0 Å². The second-order valence-corrected chi connectivity index (χ2v) is 25.8. The molecule has 0 aliphatic heterocycles. The first-order chi connectivity index (χ1) is 34.3. The first-order valence-electron chi connectivity index (χ1n) is 28.7. The second-order valence-electron chi connectivity index (χ2n) is 25.8. The maximum atomic E-state index is 12.6. The summed E-state index contributed by atoms with van der Waals surface area (Å²) in [6, 6.07) is 0. The van der Waals surface area contributed by atoms with Crippen molar-refractivity contribution in [2.45, 2.75) is 267 Å². The van der Waals surface area contributed by atoms with E-state index in [1.165, 1.54) is 66.7 Å². The van der Waals surface area contributed by atoms with Gasteiger partial charge < -0.3 is 0 Å². The monoisotopic (exact) mass is 1150 g/mol. The van der Waals surface area contributed by atoms with E-state index in [-0.39, 0.29) is 36.5 Å². The molecule has 0 aromatic carbocycles. The molecule has 4 aliphatic carbocycles. The van der Waals surface area contributed by atoms with E-state index in [1.54, 1.807) is 13.8 Å². The van der Waals surface area contributed by atoms with Crippen LogP contribution in [0.15, 0.2) is 0 Å². The van der Waals surface area contributed by atoms with Gasteiger partial charge in [-0.1, -0.05) is 198 Å². The van der Waals surface area contributed by atoms with Crippen molar-refractivity contribution < 1.29 is 83.1 Å². The Balaban J connectivity index is -0.000000413. The van der Waals surface area contributed by atoms with Gasteiger partial charge in [0.05, 0.1) is 23.2 Å². The van der Waals surface area contributed by atoms with Crippen LogP contribution in [-0.2, 0) is 0 Å². The van der Waals surface area contributed by atoms with Crippen molar-refractivity contribution in [3.63, 3.8) is 0 Å². The third-order valence-corrected chi connectivity index (χ3v) is 17.3. The number of alkyl halides is 18. The molecule has 0 amide bonds. The number of rotatable bonds is 2. The van der Waals surface area contributed by atoms with Gasteiger partial charge in [-0.05, 0) is 109 Å². The highest BCUT2D eigenvalue weighted by Crippen LogP contribution is 2.57. The lowest BCUT2D eigenvalue weighted by Crippen LogP contribution is -2.47. The third-order valence-electron chi connectivity index (χ3n) is 17.3. The lowest BCUT2D eigenvalue weighted by Gasteiger charge is -2.32. The molecule has 4 aliphatic rings. The molecule has 12 atom stereocenters. The van der Waals surface area contributed by atoms with Crippen LogP contribution in [0, 0.1) is 104 Å². The van der Waals surface area contributed by atoms with E-state index in [0.29, 0.717) is 23.7 Å². The Labute approximate surface area is 454 Å². The molecule has 4 rings (SSSR count). The maximum Gasteiger partial charge on any atom is 0.402 e. The summed E-state index contributed by atoms with van der Waals surface area (Å²) in [5.41, 5.74) is -4.79. The summed E-state index contributed by atoms with van der Waals surface area (Å²) in [5, 5.41) is 0. The van der Waals surface area contributed by atoms with Crippen LogP contribution in [0.4, 0.5) is 79.0 Å². The molecule has 0 heterocycles. The topological polar surface area (TPSA) is 0 Å². The first kappa shape index (κ1) is 74.7. The van der Waals surface area contributed by atoms with Crippen molar-refractivity contribution >= 4 is 0 Å². The van der Waals surface area contributed by atoms with Crippen LogP contribution in [0.2, 0.25) is 0 Å². The molecular formula is C58H106F18. The van der Waals surface area contributed by atoms with E-state index in [1.807, 2.05) is 27.7 Å². The fraction of sp³-hybridized carbons (Fsp3) is 1.00. The molecule has 0 aromatic rings. The Hall–Kier alpha value is -1.26. The van der Waals surface area contributed by atoms with Gasteiger partial charge >= 0.3 is 37.1 Å². The van der Waals surface area contributed by atoms with Crippen molar-refractivity contribution in [2.24, 2.45) is 104 Å². The van der Waals surface area contributed by atoms with E-state index in [2.05, 4.69) is 69.2 Å². The van der Waals surface area contributed by atoms with Gasteiger partial charge in [0, 0.05) is 4.11 Å². The van der Waals surface area contributed by atoms with Crippen LogP contribution in [0.1, 0.15) is 234 Å². The van der Waals surface area contributed by atoms with Gasteiger partial charge in [0.25, 0.3) is 0 Å². The molecule has 4 fully saturated rings. The SMILES string of the molecule is CC1C(C(F)(F)F)C(C)[C@@H](C)C1C(F)(F)F.CC1CCC(C)C1C.CC1C[C@H](C)CC1C(F)(F)F.CCC(C)(C(F)(F)F)C(F)(F)F.CCC(C)(C)C.CCC(C)(C)C(F)(F)F.[2H]C([2H])(C)C(C)(C)C.[2H]C1(C)C(C)CCC1C. The summed E-state index contributed by atoms with van der Waals surface area (Å²) in [6.07, 6.45) is -21.8. The summed E-state index contributed by atoms with van der Waals surface area (Å²) < 4.78 is 242. The number of hydrogen-bond acceptors (Lipinski definition) is 0. The van der Waals surface area contributed by atoms with Crippen molar-refractivity contribution in [1.29, 1.82) is 0 Å². The Bertz CT molecular complexity index is 1560. The fourth-order valence-electron chi connectivity index (χ4n) is 8.86. The lowest BCUT2D eigenvalue weighted by atomic mass is 9.86. The summed E-state index contributed by atoms with van der Waals surface area (Å²) in [4.78, 5) is 0. The van der Waals surface area contributed by atoms with Gasteiger partial charge in [-0.2, -0.15) is 79.0 Å². The van der Waals surface area contributed by atoms with Gasteiger partial charge in [0.2, 0.25) is 0 Å². The van der Waals surface area contributed by atoms with Crippen molar-refractivity contribution in [3.8, 4) is 0 Å². The Morgan fingerprint density at radius 3 is 0.750 bits per heavy atom. The highest BCUT2D eigenvalue weighted by molar-refractivity contribution is 4.97. The standard InChI is InChI=1S/C10H14F6.C8H13F3.2C8H16.C6H8F6.C6H11F3.2C6H14/c1-4-5(2)8(10(14,15)16)6(3)7(4)9(11,12)13;1-5-3-6(2)7(4-5)8(9,10)11;2*1-6-4-5-7(2)8(6)3;1-3-4(2,5(7,8)9)6(10,11)12;1-4-5(2,3)6(7,8)9;2*1-5-6(2,3)4/h4-8H,1-3H3;5-7H,3-4H2,1-2H3;2*6-8H,4-5H2,1-3H3;3H2,1-2H3;4H2,1-3H3;2*5H2,1-4H3/t4-,5?,6?,7?,8?;5-,6?,7?;;;;;;/m10....../s1/i;;8D;;;;5D2;. The smallest absolute Gasteiger partial charge is 0.171 e. The Kier molecular flexibility index (Phi) is 31.3. The van der Waals surface area contributed by atoms with Crippen molar-refractivity contribution in [3.05, 3.63) is 0 Å². The zero-order valence-electron chi connectivity index (χ0n) is 53.7.